The largest absolute Gasteiger partial charge is 0.338 e. The molecule has 146 valence electrons. The Bertz CT molecular complexity index is 841. The molecule has 3 rings (SSSR count). The molecule has 0 spiro atoms. The summed E-state index contributed by atoms with van der Waals surface area (Å²) in [5.41, 5.74) is 2.05. The lowest BCUT2D eigenvalue weighted by atomic mass is 10.1. The van der Waals surface area contributed by atoms with Crippen LogP contribution in [0.5, 0.6) is 0 Å². The van der Waals surface area contributed by atoms with Gasteiger partial charge in [0.2, 0.25) is 5.91 Å². The van der Waals surface area contributed by atoms with E-state index in [1.54, 1.807) is 24.3 Å². The highest BCUT2D eigenvalue weighted by Gasteiger charge is 2.42. The molecule has 1 atom stereocenters. The van der Waals surface area contributed by atoms with Crippen molar-refractivity contribution in [3.63, 3.8) is 0 Å². The van der Waals surface area contributed by atoms with Crippen LogP contribution in [0.3, 0.4) is 0 Å². The van der Waals surface area contributed by atoms with Crippen LogP contribution < -0.4 is 0 Å². The molecule has 0 aliphatic carbocycles. The molecule has 7 heteroatoms. The summed E-state index contributed by atoms with van der Waals surface area (Å²) in [6, 6.07) is 12.5. The maximum atomic E-state index is 13.0. The number of hydrogen-bond acceptors (Lipinski definition) is 4. The van der Waals surface area contributed by atoms with Gasteiger partial charge in [0, 0.05) is 39.6 Å². The summed E-state index contributed by atoms with van der Waals surface area (Å²) < 4.78 is 0. The Morgan fingerprint density at radius 2 is 1.79 bits per heavy atom. The number of nitrogens with zero attached hydrogens (tertiary/aromatic N) is 4. The summed E-state index contributed by atoms with van der Waals surface area (Å²) in [5.74, 6) is -0.502. The van der Waals surface area contributed by atoms with Crippen LogP contribution in [0.4, 0.5) is 4.79 Å². The Balaban J connectivity index is 1.72. The molecule has 0 bridgehead atoms. The first kappa shape index (κ1) is 19.5. The van der Waals surface area contributed by atoms with E-state index in [4.69, 9.17) is 0 Å². The van der Waals surface area contributed by atoms with Gasteiger partial charge in [0.05, 0.1) is 6.42 Å². The highest BCUT2D eigenvalue weighted by Crippen LogP contribution is 2.18. The molecule has 7 nitrogen and oxygen atoms in total. The first-order chi connectivity index (χ1) is 13.5. The van der Waals surface area contributed by atoms with Crippen molar-refractivity contribution in [2.45, 2.75) is 25.4 Å². The van der Waals surface area contributed by atoms with E-state index in [1.807, 2.05) is 42.5 Å². The number of hydrogen-bond donors (Lipinski definition) is 0. The van der Waals surface area contributed by atoms with Gasteiger partial charge in [0.15, 0.2) is 0 Å². The fourth-order valence-corrected chi connectivity index (χ4v) is 3.28. The fraction of sp³-hybridized carbons (Fsp3) is 0.333. The zero-order valence-corrected chi connectivity index (χ0v) is 16.1. The molecule has 28 heavy (non-hydrogen) atoms. The minimum atomic E-state index is -0.752. The fourth-order valence-electron chi connectivity index (χ4n) is 3.28. The van der Waals surface area contributed by atoms with Crippen molar-refractivity contribution < 1.29 is 14.4 Å². The summed E-state index contributed by atoms with van der Waals surface area (Å²) in [7, 11) is 2.99. The molecule has 1 fully saturated rings. The average molecular weight is 380 g/mol. The van der Waals surface area contributed by atoms with Gasteiger partial charge >= 0.3 is 6.03 Å². The third kappa shape index (κ3) is 4.36. The minimum Gasteiger partial charge on any atom is -0.338 e. The third-order valence-electron chi connectivity index (χ3n) is 5.00. The van der Waals surface area contributed by atoms with E-state index in [9.17, 15) is 14.4 Å². The Hall–Kier alpha value is -3.22. The number of rotatable bonds is 7. The molecule has 1 saturated heterocycles. The average Bonchev–Trinajstić information content (AvgIpc) is 2.90. The molecular formula is C21H24N4O3. The van der Waals surface area contributed by atoms with E-state index in [0.717, 1.165) is 16.0 Å². The Labute approximate surface area is 164 Å². The molecule has 2 heterocycles. The van der Waals surface area contributed by atoms with Crippen LogP contribution in [0, 0.1) is 0 Å². The Morgan fingerprint density at radius 3 is 2.39 bits per heavy atom. The normalized spacial score (nSPS) is 16.6. The lowest BCUT2D eigenvalue weighted by molar-refractivity contribution is -0.136. The Morgan fingerprint density at radius 1 is 1.07 bits per heavy atom. The van der Waals surface area contributed by atoms with Gasteiger partial charge in [-0.3, -0.25) is 19.5 Å². The second-order valence-corrected chi connectivity index (χ2v) is 6.92. The molecule has 2 aromatic rings. The van der Waals surface area contributed by atoms with Crippen molar-refractivity contribution in [1.29, 1.82) is 0 Å². The van der Waals surface area contributed by atoms with E-state index in [0.29, 0.717) is 19.5 Å². The lowest BCUT2D eigenvalue weighted by Crippen LogP contribution is -2.40. The number of imide groups is 1. The topological polar surface area (TPSA) is 73.8 Å². The number of pyridine rings is 1. The summed E-state index contributed by atoms with van der Waals surface area (Å²) in [4.78, 5) is 45.5. The summed E-state index contributed by atoms with van der Waals surface area (Å²) >= 11 is 0. The van der Waals surface area contributed by atoms with Gasteiger partial charge in [0.1, 0.15) is 6.04 Å². The van der Waals surface area contributed by atoms with Crippen LogP contribution >= 0.6 is 0 Å². The van der Waals surface area contributed by atoms with Crippen LogP contribution in [-0.2, 0) is 22.6 Å². The van der Waals surface area contributed by atoms with Gasteiger partial charge in [-0.1, -0.05) is 36.4 Å². The smallest absolute Gasteiger partial charge is 0.326 e. The molecule has 4 amide bonds. The molecule has 1 aromatic carbocycles. The third-order valence-corrected chi connectivity index (χ3v) is 5.00. The van der Waals surface area contributed by atoms with E-state index < -0.39 is 6.04 Å². The standard InChI is InChI=1S/C21H24N4O3/c1-23-18(20(27)24(2)21(23)28)13-19(26)25(15-17-9-6-11-22-14-17)12-10-16-7-4-3-5-8-16/h3-9,11,14,18H,10,12-13,15H2,1-2H3/t18-/m1/s1. The van der Waals surface area contributed by atoms with Crippen molar-refractivity contribution in [2.75, 3.05) is 20.6 Å². The van der Waals surface area contributed by atoms with Crippen LogP contribution in [-0.4, -0.2) is 64.2 Å². The SMILES string of the molecule is CN1C(=O)[C@@H](CC(=O)N(CCc2ccccc2)Cc2cccnc2)N(C)C1=O. The van der Waals surface area contributed by atoms with Crippen molar-refractivity contribution in [3.8, 4) is 0 Å². The summed E-state index contributed by atoms with van der Waals surface area (Å²) in [6.45, 7) is 0.931. The second-order valence-electron chi connectivity index (χ2n) is 6.92. The van der Waals surface area contributed by atoms with Crippen molar-refractivity contribution in [2.24, 2.45) is 0 Å². The Kier molecular flexibility index (Phi) is 6.03. The second kappa shape index (κ2) is 8.65. The van der Waals surface area contributed by atoms with E-state index in [1.165, 1.54) is 11.9 Å². The van der Waals surface area contributed by atoms with Crippen LogP contribution in [0.2, 0.25) is 0 Å². The van der Waals surface area contributed by atoms with Crippen LogP contribution in [0.25, 0.3) is 0 Å². The zero-order chi connectivity index (χ0) is 20.1. The summed E-state index contributed by atoms with van der Waals surface area (Å²) in [5, 5.41) is 0. The zero-order valence-electron chi connectivity index (χ0n) is 16.1. The highest BCUT2D eigenvalue weighted by atomic mass is 16.2. The van der Waals surface area contributed by atoms with Gasteiger partial charge in [-0.25, -0.2) is 4.79 Å². The van der Waals surface area contributed by atoms with Gasteiger partial charge in [-0.05, 0) is 23.6 Å². The maximum absolute atomic E-state index is 13.0. The van der Waals surface area contributed by atoms with E-state index in [2.05, 4.69) is 4.98 Å². The number of amides is 4. The quantitative estimate of drug-likeness (QED) is 0.688. The number of aromatic nitrogens is 1. The molecular weight excluding hydrogens is 356 g/mol. The predicted molar refractivity (Wildman–Crippen MR) is 104 cm³/mol. The lowest BCUT2D eigenvalue weighted by Gasteiger charge is -2.25. The predicted octanol–water partition coefficient (Wildman–Crippen LogP) is 1.94. The number of likely N-dealkylation sites (N-methyl/N-ethyl adjacent to an activating group) is 2. The number of carbonyl (C=O) groups is 3. The summed E-state index contributed by atoms with van der Waals surface area (Å²) in [6.07, 6.45) is 4.10. The number of carbonyl (C=O) groups excluding carboxylic acids is 3. The molecule has 0 saturated carbocycles. The minimum absolute atomic E-state index is 0.0273. The van der Waals surface area contributed by atoms with Crippen LogP contribution in [0.15, 0.2) is 54.9 Å². The van der Waals surface area contributed by atoms with E-state index >= 15 is 0 Å². The first-order valence-electron chi connectivity index (χ1n) is 9.22. The molecule has 1 aliphatic rings. The van der Waals surface area contributed by atoms with Crippen molar-refractivity contribution >= 4 is 17.8 Å². The highest BCUT2D eigenvalue weighted by molar-refractivity contribution is 6.05. The van der Waals surface area contributed by atoms with Crippen LogP contribution in [0.1, 0.15) is 17.5 Å². The van der Waals surface area contributed by atoms with Gasteiger partial charge < -0.3 is 9.80 Å². The monoisotopic (exact) mass is 380 g/mol. The van der Waals surface area contributed by atoms with Gasteiger partial charge in [-0.2, -0.15) is 0 Å². The molecule has 1 aromatic heterocycles. The number of urea groups is 1. The molecule has 1 aliphatic heterocycles. The molecule has 0 unspecified atom stereocenters. The first-order valence-corrected chi connectivity index (χ1v) is 9.22. The molecule has 0 radical (unpaired) electrons. The van der Waals surface area contributed by atoms with Gasteiger partial charge in [0.25, 0.3) is 5.91 Å². The maximum Gasteiger partial charge on any atom is 0.326 e. The van der Waals surface area contributed by atoms with E-state index in [-0.39, 0.29) is 24.3 Å². The van der Waals surface area contributed by atoms with Crippen molar-refractivity contribution in [1.82, 2.24) is 19.7 Å². The van der Waals surface area contributed by atoms with Gasteiger partial charge in [-0.15, -0.1) is 0 Å². The molecule has 0 N–H and O–H groups in total. The van der Waals surface area contributed by atoms with Crippen molar-refractivity contribution in [3.05, 3.63) is 66.0 Å². The number of benzene rings is 1.